The van der Waals surface area contributed by atoms with E-state index in [9.17, 15) is 12.8 Å². The van der Waals surface area contributed by atoms with Gasteiger partial charge in [0.25, 0.3) is 0 Å². The molecular formula is C22H25FN4O2S. The lowest BCUT2D eigenvalue weighted by Crippen LogP contribution is -2.39. The van der Waals surface area contributed by atoms with Crippen molar-refractivity contribution in [2.75, 3.05) is 13.1 Å². The van der Waals surface area contributed by atoms with Gasteiger partial charge in [-0.1, -0.05) is 6.07 Å². The molecule has 158 valence electrons. The minimum absolute atomic E-state index is 0.00968. The number of halogens is 1. The lowest BCUT2D eigenvalue weighted by atomic mass is 9.95. The molecule has 1 fully saturated rings. The van der Waals surface area contributed by atoms with Crippen molar-refractivity contribution in [2.45, 2.75) is 44.0 Å². The number of sulfonamides is 1. The first-order valence-electron chi connectivity index (χ1n) is 10.2. The zero-order valence-corrected chi connectivity index (χ0v) is 17.9. The monoisotopic (exact) mass is 428 g/mol. The summed E-state index contributed by atoms with van der Waals surface area (Å²) < 4.78 is 43.0. The lowest BCUT2D eigenvalue weighted by molar-refractivity contribution is 0.312. The standard InChI is InChI=1S/C22H25FN4O2S/c1-3-27-16(2)22(14-24-27)30(28,29)26-13-5-6-18(15-26)21-8-4-7-20(25-21)17-9-11-19(23)12-10-17/h4,7-12,14,18H,3,5-6,13,15H2,1-2H3/t18-/m0/s1. The van der Waals surface area contributed by atoms with Gasteiger partial charge in [-0.2, -0.15) is 9.40 Å². The lowest BCUT2D eigenvalue weighted by Gasteiger charge is -2.31. The third kappa shape index (κ3) is 3.89. The molecule has 4 rings (SSSR count). The molecule has 1 saturated heterocycles. The van der Waals surface area contributed by atoms with Crippen molar-refractivity contribution >= 4 is 10.0 Å². The Morgan fingerprint density at radius 2 is 1.93 bits per heavy atom. The fraction of sp³-hybridized carbons (Fsp3) is 0.364. The molecule has 3 heterocycles. The number of piperidine rings is 1. The Morgan fingerprint density at radius 1 is 1.17 bits per heavy atom. The summed E-state index contributed by atoms with van der Waals surface area (Å²) >= 11 is 0. The maximum Gasteiger partial charge on any atom is 0.246 e. The Labute approximate surface area is 176 Å². The Balaban J connectivity index is 1.59. The van der Waals surface area contributed by atoms with Crippen LogP contribution in [0.5, 0.6) is 0 Å². The largest absolute Gasteiger partial charge is 0.269 e. The minimum Gasteiger partial charge on any atom is -0.269 e. The molecule has 1 aliphatic rings. The molecule has 1 aliphatic heterocycles. The molecule has 0 amide bonds. The van der Waals surface area contributed by atoms with Crippen molar-refractivity contribution in [3.63, 3.8) is 0 Å². The molecule has 8 heteroatoms. The summed E-state index contributed by atoms with van der Waals surface area (Å²) in [5, 5.41) is 4.20. The molecule has 1 atom stereocenters. The van der Waals surface area contributed by atoms with Crippen molar-refractivity contribution in [1.82, 2.24) is 19.1 Å². The summed E-state index contributed by atoms with van der Waals surface area (Å²) in [6, 6.07) is 12.0. The van der Waals surface area contributed by atoms with Gasteiger partial charge in [0.15, 0.2) is 0 Å². The van der Waals surface area contributed by atoms with Gasteiger partial charge in [0.2, 0.25) is 10.0 Å². The summed E-state index contributed by atoms with van der Waals surface area (Å²) in [7, 11) is -3.61. The van der Waals surface area contributed by atoms with Crippen LogP contribution in [0.1, 0.15) is 37.1 Å². The molecular weight excluding hydrogens is 403 g/mol. The van der Waals surface area contributed by atoms with E-state index < -0.39 is 10.0 Å². The van der Waals surface area contributed by atoms with Crippen molar-refractivity contribution in [3.8, 4) is 11.3 Å². The SMILES string of the molecule is CCn1ncc(S(=O)(=O)N2CCC[C@H](c3cccc(-c4ccc(F)cc4)n3)C2)c1C. The van der Waals surface area contributed by atoms with Gasteiger partial charge in [-0.25, -0.2) is 12.8 Å². The van der Waals surface area contributed by atoms with Crippen molar-refractivity contribution in [2.24, 2.45) is 0 Å². The number of hydrogen-bond acceptors (Lipinski definition) is 4. The molecule has 0 saturated carbocycles. The zero-order chi connectivity index (χ0) is 21.3. The second kappa shape index (κ2) is 8.28. The third-order valence-corrected chi connectivity index (χ3v) is 7.66. The summed E-state index contributed by atoms with van der Waals surface area (Å²) in [5.41, 5.74) is 3.11. The Morgan fingerprint density at radius 3 is 2.63 bits per heavy atom. The molecule has 2 aromatic heterocycles. The minimum atomic E-state index is -3.61. The average Bonchev–Trinajstić information content (AvgIpc) is 3.15. The van der Waals surface area contributed by atoms with Gasteiger partial charge in [0.05, 0.1) is 17.6 Å². The summed E-state index contributed by atoms with van der Waals surface area (Å²) in [5.74, 6) is -0.278. The van der Waals surface area contributed by atoms with Crippen LogP contribution in [0.4, 0.5) is 4.39 Å². The second-order valence-electron chi connectivity index (χ2n) is 7.57. The smallest absolute Gasteiger partial charge is 0.246 e. The number of aryl methyl sites for hydroxylation is 1. The van der Waals surface area contributed by atoms with Crippen LogP contribution in [0.2, 0.25) is 0 Å². The number of pyridine rings is 1. The summed E-state index contributed by atoms with van der Waals surface area (Å²) in [6.45, 7) is 5.24. The van der Waals surface area contributed by atoms with Crippen LogP contribution in [0.25, 0.3) is 11.3 Å². The first-order valence-corrected chi connectivity index (χ1v) is 11.6. The highest BCUT2D eigenvalue weighted by atomic mass is 32.2. The Bertz CT molecular complexity index is 1140. The first kappa shape index (κ1) is 20.7. The number of benzene rings is 1. The van der Waals surface area contributed by atoms with Gasteiger partial charge in [-0.15, -0.1) is 0 Å². The van der Waals surface area contributed by atoms with E-state index in [0.717, 1.165) is 29.8 Å². The van der Waals surface area contributed by atoms with E-state index in [1.54, 1.807) is 28.0 Å². The maximum absolute atomic E-state index is 13.3. The molecule has 0 aliphatic carbocycles. The van der Waals surface area contributed by atoms with E-state index in [1.165, 1.54) is 18.3 Å². The van der Waals surface area contributed by atoms with Crippen LogP contribution in [0, 0.1) is 12.7 Å². The predicted molar refractivity (Wildman–Crippen MR) is 113 cm³/mol. The van der Waals surface area contributed by atoms with Crippen LogP contribution in [0.3, 0.4) is 0 Å². The van der Waals surface area contributed by atoms with E-state index in [2.05, 4.69) is 5.10 Å². The molecule has 1 aromatic carbocycles. The van der Waals surface area contributed by atoms with E-state index in [1.807, 2.05) is 25.1 Å². The van der Waals surface area contributed by atoms with Gasteiger partial charge < -0.3 is 0 Å². The fourth-order valence-electron chi connectivity index (χ4n) is 4.00. The summed E-state index contributed by atoms with van der Waals surface area (Å²) in [6.07, 6.45) is 3.09. The molecule has 6 nitrogen and oxygen atoms in total. The molecule has 0 bridgehead atoms. The van der Waals surface area contributed by atoms with Crippen LogP contribution in [-0.4, -0.2) is 40.6 Å². The van der Waals surface area contributed by atoms with Crippen molar-refractivity contribution in [1.29, 1.82) is 0 Å². The average molecular weight is 429 g/mol. The van der Waals surface area contributed by atoms with Crippen LogP contribution >= 0.6 is 0 Å². The zero-order valence-electron chi connectivity index (χ0n) is 17.1. The van der Waals surface area contributed by atoms with Gasteiger partial charge >= 0.3 is 0 Å². The van der Waals surface area contributed by atoms with Gasteiger partial charge in [0, 0.05) is 36.8 Å². The Hall–Kier alpha value is -2.58. The quantitative estimate of drug-likeness (QED) is 0.616. The first-order chi connectivity index (χ1) is 14.4. The molecule has 0 N–H and O–H groups in total. The molecule has 0 spiro atoms. The molecule has 30 heavy (non-hydrogen) atoms. The van der Waals surface area contributed by atoms with Gasteiger partial charge in [-0.3, -0.25) is 9.67 Å². The van der Waals surface area contributed by atoms with Crippen molar-refractivity contribution in [3.05, 3.63) is 65.9 Å². The third-order valence-electron chi connectivity index (χ3n) is 5.69. The normalized spacial score (nSPS) is 17.9. The molecule has 0 unspecified atom stereocenters. The molecule has 0 radical (unpaired) electrons. The van der Waals surface area contributed by atoms with E-state index in [4.69, 9.17) is 4.98 Å². The number of aromatic nitrogens is 3. The van der Waals surface area contributed by atoms with Crippen LogP contribution in [-0.2, 0) is 16.6 Å². The van der Waals surface area contributed by atoms with E-state index in [-0.39, 0.29) is 16.6 Å². The fourth-order valence-corrected chi connectivity index (χ4v) is 5.69. The van der Waals surface area contributed by atoms with E-state index >= 15 is 0 Å². The van der Waals surface area contributed by atoms with Crippen LogP contribution in [0.15, 0.2) is 53.6 Å². The topological polar surface area (TPSA) is 68.1 Å². The Kier molecular flexibility index (Phi) is 5.71. The van der Waals surface area contributed by atoms with Crippen LogP contribution < -0.4 is 0 Å². The van der Waals surface area contributed by atoms with Crippen molar-refractivity contribution < 1.29 is 12.8 Å². The maximum atomic E-state index is 13.3. The number of hydrogen-bond donors (Lipinski definition) is 0. The molecule has 3 aromatic rings. The van der Waals surface area contributed by atoms with Gasteiger partial charge in [-0.05, 0) is 63.1 Å². The van der Waals surface area contributed by atoms with Gasteiger partial charge in [0.1, 0.15) is 10.7 Å². The highest BCUT2D eigenvalue weighted by molar-refractivity contribution is 7.89. The highest BCUT2D eigenvalue weighted by Crippen LogP contribution is 2.31. The highest BCUT2D eigenvalue weighted by Gasteiger charge is 2.33. The summed E-state index contributed by atoms with van der Waals surface area (Å²) in [4.78, 5) is 5.04. The second-order valence-corrected chi connectivity index (χ2v) is 9.47. The number of nitrogens with zero attached hydrogens (tertiary/aromatic N) is 4. The predicted octanol–water partition coefficient (Wildman–Crippen LogP) is 3.98. The van der Waals surface area contributed by atoms with E-state index in [0.29, 0.717) is 25.3 Å². The number of rotatable bonds is 5.